The molecule has 0 atom stereocenters. The fraction of sp³-hybridized carbons (Fsp3) is 0.400. The third kappa shape index (κ3) is 3.14. The highest BCUT2D eigenvalue weighted by Gasteiger charge is 2.21. The molecule has 0 amide bonds. The van der Waals surface area contributed by atoms with E-state index in [1.165, 1.54) is 10.9 Å². The van der Waals surface area contributed by atoms with Gasteiger partial charge in [0, 0.05) is 33.3 Å². The SMILES string of the molecule is Cn1ccc(CCNS(=O)(=O)c2ncn(C)c2Cl)n1. The normalized spacial score (nSPS) is 11.9. The Labute approximate surface area is 116 Å². The minimum Gasteiger partial charge on any atom is -0.324 e. The van der Waals surface area contributed by atoms with Crippen LogP contribution in [0.3, 0.4) is 0 Å². The molecule has 9 heteroatoms. The molecule has 0 aromatic carbocycles. The Balaban J connectivity index is 2.00. The zero-order valence-electron chi connectivity index (χ0n) is 10.5. The van der Waals surface area contributed by atoms with Gasteiger partial charge in [0.05, 0.1) is 12.0 Å². The van der Waals surface area contributed by atoms with Crippen molar-refractivity contribution in [3.63, 3.8) is 0 Å². The van der Waals surface area contributed by atoms with Gasteiger partial charge < -0.3 is 4.57 Å². The predicted octanol–water partition coefficient (Wildman–Crippen LogP) is 0.328. The molecule has 0 aliphatic carbocycles. The Morgan fingerprint density at radius 2 is 2.16 bits per heavy atom. The van der Waals surface area contributed by atoms with Crippen LogP contribution in [0.5, 0.6) is 0 Å². The van der Waals surface area contributed by atoms with E-state index < -0.39 is 10.0 Å². The summed E-state index contributed by atoms with van der Waals surface area (Å²) in [5, 5.41) is 4.09. The van der Waals surface area contributed by atoms with Crippen LogP contribution < -0.4 is 4.72 Å². The zero-order valence-corrected chi connectivity index (χ0v) is 12.1. The van der Waals surface area contributed by atoms with Crippen LogP contribution in [0.2, 0.25) is 5.15 Å². The van der Waals surface area contributed by atoms with E-state index in [0.29, 0.717) is 6.42 Å². The Morgan fingerprint density at radius 1 is 1.42 bits per heavy atom. The third-order valence-electron chi connectivity index (χ3n) is 2.53. The van der Waals surface area contributed by atoms with Gasteiger partial charge in [-0.15, -0.1) is 0 Å². The second kappa shape index (κ2) is 5.32. The van der Waals surface area contributed by atoms with Gasteiger partial charge in [-0.3, -0.25) is 4.68 Å². The maximum Gasteiger partial charge on any atom is 0.261 e. The third-order valence-corrected chi connectivity index (χ3v) is 4.48. The maximum absolute atomic E-state index is 12.0. The number of sulfonamides is 1. The second-order valence-corrected chi connectivity index (χ2v) is 6.12. The first kappa shape index (κ1) is 14.0. The van der Waals surface area contributed by atoms with E-state index in [9.17, 15) is 8.42 Å². The molecule has 0 aliphatic heterocycles. The molecule has 0 saturated heterocycles. The summed E-state index contributed by atoms with van der Waals surface area (Å²) in [7, 11) is -0.248. The minimum absolute atomic E-state index is 0.0883. The molecule has 0 bridgehead atoms. The molecule has 1 N–H and O–H groups in total. The van der Waals surface area contributed by atoms with Crippen molar-refractivity contribution in [1.29, 1.82) is 0 Å². The largest absolute Gasteiger partial charge is 0.324 e. The van der Waals surface area contributed by atoms with E-state index in [1.54, 1.807) is 25.0 Å². The first-order chi connectivity index (χ1) is 8.90. The van der Waals surface area contributed by atoms with E-state index in [2.05, 4.69) is 14.8 Å². The summed E-state index contributed by atoms with van der Waals surface area (Å²) in [5.41, 5.74) is 0.817. The van der Waals surface area contributed by atoms with Crippen molar-refractivity contribution in [3.8, 4) is 0 Å². The molecule has 0 saturated carbocycles. The molecule has 0 radical (unpaired) electrons. The predicted molar refractivity (Wildman–Crippen MR) is 70.3 cm³/mol. The van der Waals surface area contributed by atoms with E-state index in [4.69, 9.17) is 11.6 Å². The number of rotatable bonds is 5. The van der Waals surface area contributed by atoms with Crippen LogP contribution in [0.15, 0.2) is 23.6 Å². The van der Waals surface area contributed by atoms with Crippen LogP contribution in [0.1, 0.15) is 5.69 Å². The number of hydrogen-bond acceptors (Lipinski definition) is 4. The molecule has 7 nitrogen and oxygen atoms in total. The lowest BCUT2D eigenvalue weighted by Crippen LogP contribution is -2.26. The van der Waals surface area contributed by atoms with Gasteiger partial charge in [0.2, 0.25) is 5.03 Å². The van der Waals surface area contributed by atoms with Gasteiger partial charge in [-0.25, -0.2) is 18.1 Å². The van der Waals surface area contributed by atoms with Crippen LogP contribution in [-0.4, -0.2) is 34.3 Å². The number of imidazole rings is 1. The highest BCUT2D eigenvalue weighted by Crippen LogP contribution is 2.17. The van der Waals surface area contributed by atoms with Crippen molar-refractivity contribution in [2.45, 2.75) is 11.4 Å². The molecule has 2 heterocycles. The Kier molecular flexibility index (Phi) is 3.93. The maximum atomic E-state index is 12.0. The number of halogens is 1. The quantitative estimate of drug-likeness (QED) is 0.863. The van der Waals surface area contributed by atoms with Gasteiger partial charge in [0.1, 0.15) is 5.15 Å². The van der Waals surface area contributed by atoms with Crippen molar-refractivity contribution in [2.75, 3.05) is 6.54 Å². The number of aryl methyl sites for hydroxylation is 2. The van der Waals surface area contributed by atoms with Gasteiger partial charge in [-0.1, -0.05) is 11.6 Å². The van der Waals surface area contributed by atoms with Crippen molar-refractivity contribution < 1.29 is 8.42 Å². The van der Waals surface area contributed by atoms with Gasteiger partial charge in [-0.05, 0) is 6.07 Å². The molecule has 2 aromatic rings. The highest BCUT2D eigenvalue weighted by atomic mass is 35.5. The van der Waals surface area contributed by atoms with Crippen molar-refractivity contribution in [1.82, 2.24) is 24.1 Å². The average molecular weight is 304 g/mol. The van der Waals surface area contributed by atoms with Gasteiger partial charge in [0.15, 0.2) is 0 Å². The monoisotopic (exact) mass is 303 g/mol. The van der Waals surface area contributed by atoms with Crippen LogP contribution in [0.4, 0.5) is 0 Å². The minimum atomic E-state index is -3.68. The lowest BCUT2D eigenvalue weighted by molar-refractivity contribution is 0.577. The first-order valence-electron chi connectivity index (χ1n) is 5.55. The topological polar surface area (TPSA) is 81.8 Å². The number of nitrogens with one attached hydrogen (secondary N) is 1. The van der Waals surface area contributed by atoms with E-state index in [-0.39, 0.29) is 16.7 Å². The Bertz CT molecular complexity index is 676. The smallest absolute Gasteiger partial charge is 0.261 e. The lowest BCUT2D eigenvalue weighted by Gasteiger charge is -2.03. The molecule has 0 aliphatic rings. The molecular formula is C10H14ClN5O2S. The molecule has 104 valence electrons. The molecule has 0 spiro atoms. The first-order valence-corrected chi connectivity index (χ1v) is 7.41. The Hall–Kier alpha value is -1.38. The number of hydrogen-bond donors (Lipinski definition) is 1. The fourth-order valence-corrected chi connectivity index (χ4v) is 3.01. The van der Waals surface area contributed by atoms with Gasteiger partial charge in [0.25, 0.3) is 10.0 Å². The van der Waals surface area contributed by atoms with Crippen molar-refractivity contribution >= 4 is 21.6 Å². The van der Waals surface area contributed by atoms with Crippen LogP contribution >= 0.6 is 11.6 Å². The highest BCUT2D eigenvalue weighted by molar-refractivity contribution is 7.89. The summed E-state index contributed by atoms with van der Waals surface area (Å²) in [4.78, 5) is 3.78. The second-order valence-electron chi connectivity index (χ2n) is 4.08. The van der Waals surface area contributed by atoms with Crippen molar-refractivity contribution in [2.24, 2.45) is 14.1 Å². The zero-order chi connectivity index (χ0) is 14.0. The summed E-state index contributed by atoms with van der Waals surface area (Å²) in [6.07, 6.45) is 3.67. The summed E-state index contributed by atoms with van der Waals surface area (Å²) < 4.78 is 29.5. The van der Waals surface area contributed by atoms with Crippen LogP contribution in [-0.2, 0) is 30.5 Å². The molecule has 2 aromatic heterocycles. The van der Waals surface area contributed by atoms with Crippen molar-refractivity contribution in [3.05, 3.63) is 29.4 Å². The molecule has 2 rings (SSSR count). The summed E-state index contributed by atoms with van der Waals surface area (Å²) in [5.74, 6) is 0. The summed E-state index contributed by atoms with van der Waals surface area (Å²) >= 11 is 5.86. The fourth-order valence-electron chi connectivity index (χ4n) is 1.55. The summed E-state index contributed by atoms with van der Waals surface area (Å²) in [6.45, 7) is 0.242. The van der Waals surface area contributed by atoms with Gasteiger partial charge in [-0.2, -0.15) is 5.10 Å². The van der Waals surface area contributed by atoms with Crippen LogP contribution in [0, 0.1) is 0 Å². The Morgan fingerprint density at radius 3 is 2.68 bits per heavy atom. The van der Waals surface area contributed by atoms with Gasteiger partial charge >= 0.3 is 0 Å². The number of aromatic nitrogens is 4. The van der Waals surface area contributed by atoms with E-state index in [1.807, 2.05) is 6.07 Å². The average Bonchev–Trinajstić information content (AvgIpc) is 2.87. The molecule has 0 fully saturated rings. The molecular weight excluding hydrogens is 290 g/mol. The van der Waals surface area contributed by atoms with E-state index in [0.717, 1.165) is 5.69 Å². The van der Waals surface area contributed by atoms with Crippen LogP contribution in [0.25, 0.3) is 0 Å². The van der Waals surface area contributed by atoms with E-state index >= 15 is 0 Å². The standard InChI is InChI=1S/C10H14ClN5O2S/c1-15-7-12-10(9(15)11)19(17,18)13-5-3-8-4-6-16(2)14-8/h4,6-7,13H,3,5H2,1-2H3. The lowest BCUT2D eigenvalue weighted by atomic mass is 10.3. The number of nitrogens with zero attached hydrogens (tertiary/aromatic N) is 4. The molecule has 19 heavy (non-hydrogen) atoms. The summed E-state index contributed by atoms with van der Waals surface area (Å²) in [6, 6.07) is 1.84. The molecule has 0 unspecified atom stereocenters.